The average molecular weight is 476 g/mol. The van der Waals surface area contributed by atoms with Crippen LogP contribution < -0.4 is 15.4 Å². The van der Waals surface area contributed by atoms with Gasteiger partial charge in [-0.25, -0.2) is 9.52 Å². The van der Waals surface area contributed by atoms with Crippen molar-refractivity contribution in [2.45, 2.75) is 11.4 Å². The lowest BCUT2D eigenvalue weighted by atomic mass is 10.1. The molecule has 0 heterocycles. The van der Waals surface area contributed by atoms with Crippen LogP contribution in [-0.2, 0) is 17.9 Å². The number of urea groups is 1. The summed E-state index contributed by atoms with van der Waals surface area (Å²) in [7, 11) is 0. The van der Waals surface area contributed by atoms with E-state index >= 15 is 0 Å². The summed E-state index contributed by atoms with van der Waals surface area (Å²) >= 11 is 4.51. The summed E-state index contributed by atoms with van der Waals surface area (Å²) in [6.45, 7) is 0.367. The number of carbonyl (C=O) groups excluding carboxylic acids is 1. The molecular formula is C26H22ClN3O2S. The van der Waals surface area contributed by atoms with Gasteiger partial charge in [-0.15, -0.1) is 0 Å². The van der Waals surface area contributed by atoms with Crippen LogP contribution in [0.2, 0.25) is 5.02 Å². The number of anilines is 2. The van der Waals surface area contributed by atoms with Gasteiger partial charge in [0.15, 0.2) is 4.90 Å². The number of nitrogens with one attached hydrogen (secondary N) is 3. The monoisotopic (exact) mass is 475 g/mol. The van der Waals surface area contributed by atoms with Gasteiger partial charge in [-0.2, -0.15) is 0 Å². The lowest BCUT2D eigenvalue weighted by Crippen LogP contribution is -2.28. The summed E-state index contributed by atoms with van der Waals surface area (Å²) in [4.78, 5) is 12.9. The first-order valence-corrected chi connectivity index (χ1v) is 11.8. The van der Waals surface area contributed by atoms with Gasteiger partial charge in [-0.3, -0.25) is 0 Å². The molecule has 7 heteroatoms. The normalized spacial score (nSPS) is 11.5. The average Bonchev–Trinajstić information content (AvgIpc) is 2.84. The number of hydrogen-bond acceptors (Lipinski definition) is 3. The molecule has 0 aliphatic heterocycles. The molecule has 0 aliphatic carbocycles. The highest BCUT2D eigenvalue weighted by Crippen LogP contribution is 2.28. The van der Waals surface area contributed by atoms with Crippen molar-refractivity contribution in [1.82, 2.24) is 5.32 Å². The number of hydrogen-bond donors (Lipinski definition) is 3. The van der Waals surface area contributed by atoms with E-state index in [-0.39, 0.29) is 6.03 Å². The molecule has 4 aromatic carbocycles. The minimum absolute atomic E-state index is 0.323. The molecule has 4 rings (SSSR count). The summed E-state index contributed by atoms with van der Waals surface area (Å²) in [6.07, 6.45) is 0. The summed E-state index contributed by atoms with van der Waals surface area (Å²) < 4.78 is 16.1. The van der Waals surface area contributed by atoms with Crippen LogP contribution in [0.25, 0.3) is 11.1 Å². The lowest BCUT2D eigenvalue weighted by molar-refractivity contribution is 0.251. The van der Waals surface area contributed by atoms with Crippen molar-refractivity contribution in [1.29, 1.82) is 0 Å². The topological polar surface area (TPSA) is 76.2 Å². The zero-order chi connectivity index (χ0) is 23.0. The van der Waals surface area contributed by atoms with Crippen LogP contribution in [0.4, 0.5) is 16.2 Å². The Hall–Kier alpha value is -3.45. The maximum Gasteiger partial charge on any atom is 0.319 e. The van der Waals surface area contributed by atoms with Crippen molar-refractivity contribution in [2.24, 2.45) is 0 Å². The summed E-state index contributed by atoms with van der Waals surface area (Å²) in [6, 6.07) is 31.5. The standard InChI is InChI=1S/C26H22ClN3O2S/c27-21-10-6-7-19(17-21)18-28-26(31)29-22-13-15-23(16-14-22)30-33(32)25-12-5-4-11-24(25)20-8-2-1-3-9-20/h1-17,30H,18H2,(H2,28,29,31). The van der Waals surface area contributed by atoms with Crippen LogP contribution in [0.15, 0.2) is 108 Å². The molecule has 1 unspecified atom stereocenters. The largest absolute Gasteiger partial charge is 0.588 e. The highest BCUT2D eigenvalue weighted by Gasteiger charge is 2.17. The molecule has 2 amide bonds. The van der Waals surface area contributed by atoms with Crippen LogP contribution >= 0.6 is 11.6 Å². The van der Waals surface area contributed by atoms with Gasteiger partial charge in [-0.1, -0.05) is 66.2 Å². The van der Waals surface area contributed by atoms with Crippen LogP contribution in [0.1, 0.15) is 5.56 Å². The lowest BCUT2D eigenvalue weighted by Gasteiger charge is -2.15. The van der Waals surface area contributed by atoms with Gasteiger partial charge in [0.2, 0.25) is 0 Å². The van der Waals surface area contributed by atoms with E-state index in [9.17, 15) is 9.35 Å². The number of halogens is 1. The van der Waals surface area contributed by atoms with E-state index in [2.05, 4.69) is 15.4 Å². The molecule has 166 valence electrons. The predicted molar refractivity (Wildman–Crippen MR) is 136 cm³/mol. The Labute approximate surface area is 201 Å². The second-order valence-corrected chi connectivity index (χ2v) is 8.87. The Morgan fingerprint density at radius 1 is 0.818 bits per heavy atom. The molecule has 4 aromatic rings. The van der Waals surface area contributed by atoms with E-state index in [1.165, 1.54) is 0 Å². The summed E-state index contributed by atoms with van der Waals surface area (Å²) in [5, 5.41) is 6.20. The minimum atomic E-state index is -1.45. The smallest absolute Gasteiger partial charge is 0.319 e. The van der Waals surface area contributed by atoms with E-state index in [1.54, 1.807) is 36.4 Å². The first-order chi connectivity index (χ1) is 16.1. The number of rotatable bonds is 7. The van der Waals surface area contributed by atoms with Gasteiger partial charge in [0.25, 0.3) is 0 Å². The Morgan fingerprint density at radius 2 is 1.52 bits per heavy atom. The van der Waals surface area contributed by atoms with Crippen molar-refractivity contribution < 1.29 is 9.35 Å². The second kappa shape index (κ2) is 10.9. The van der Waals surface area contributed by atoms with Gasteiger partial charge in [0.1, 0.15) is 11.4 Å². The fourth-order valence-corrected chi connectivity index (χ4v) is 4.53. The Balaban J connectivity index is 1.36. The fraction of sp³-hybridized carbons (Fsp3) is 0.0385. The van der Waals surface area contributed by atoms with Crippen LogP contribution in [-0.4, -0.2) is 10.6 Å². The third-order valence-electron chi connectivity index (χ3n) is 4.87. The first-order valence-electron chi connectivity index (χ1n) is 10.3. The summed E-state index contributed by atoms with van der Waals surface area (Å²) in [5.41, 5.74) is 4.14. The first kappa shape index (κ1) is 22.7. The second-order valence-electron chi connectivity index (χ2n) is 7.25. The van der Waals surface area contributed by atoms with Crippen molar-refractivity contribution in [3.63, 3.8) is 0 Å². The van der Waals surface area contributed by atoms with Crippen molar-refractivity contribution in [3.05, 3.63) is 114 Å². The zero-order valence-electron chi connectivity index (χ0n) is 17.6. The number of benzene rings is 4. The maximum absolute atomic E-state index is 13.0. The molecule has 5 nitrogen and oxygen atoms in total. The molecular weight excluding hydrogens is 454 g/mol. The van der Waals surface area contributed by atoms with Gasteiger partial charge in [0.05, 0.1) is 5.69 Å². The van der Waals surface area contributed by atoms with Gasteiger partial charge < -0.3 is 15.2 Å². The number of carbonyl (C=O) groups is 1. The Bertz CT molecular complexity index is 1220. The van der Waals surface area contributed by atoms with Gasteiger partial charge in [-0.05, 0) is 59.7 Å². The van der Waals surface area contributed by atoms with Crippen LogP contribution in [0.3, 0.4) is 0 Å². The molecule has 0 fully saturated rings. The van der Waals surface area contributed by atoms with E-state index in [0.717, 1.165) is 16.7 Å². The molecule has 0 saturated heterocycles. The molecule has 1 atom stereocenters. The highest BCUT2D eigenvalue weighted by molar-refractivity contribution is 7.92. The quantitative estimate of drug-likeness (QED) is 0.268. The SMILES string of the molecule is O=C(NCc1cccc(Cl)c1)Nc1ccc(N[S+]([O-])c2ccccc2-c2ccccc2)cc1. The van der Waals surface area contributed by atoms with Crippen LogP contribution in [0.5, 0.6) is 0 Å². The van der Waals surface area contributed by atoms with Gasteiger partial charge in [0, 0.05) is 22.8 Å². The highest BCUT2D eigenvalue weighted by atomic mass is 35.5. The van der Waals surface area contributed by atoms with Crippen molar-refractivity contribution in [2.75, 3.05) is 10.0 Å². The molecule has 33 heavy (non-hydrogen) atoms. The van der Waals surface area contributed by atoms with Crippen molar-refractivity contribution in [3.8, 4) is 11.1 Å². The third kappa shape index (κ3) is 6.29. The Morgan fingerprint density at radius 3 is 2.27 bits per heavy atom. The number of amides is 2. The predicted octanol–water partition coefficient (Wildman–Crippen LogP) is 6.46. The zero-order valence-corrected chi connectivity index (χ0v) is 19.2. The molecule has 0 aliphatic rings. The minimum Gasteiger partial charge on any atom is -0.588 e. The van der Waals surface area contributed by atoms with E-state index in [4.69, 9.17) is 11.6 Å². The van der Waals surface area contributed by atoms with E-state index < -0.39 is 11.4 Å². The third-order valence-corrected chi connectivity index (χ3v) is 6.28. The van der Waals surface area contributed by atoms with Gasteiger partial charge >= 0.3 is 6.03 Å². The molecule has 0 spiro atoms. The molecule has 0 aromatic heterocycles. The van der Waals surface area contributed by atoms with Crippen LogP contribution in [0, 0.1) is 0 Å². The fourth-order valence-electron chi connectivity index (χ4n) is 3.27. The molecule has 0 bridgehead atoms. The Kier molecular flexibility index (Phi) is 7.52. The molecule has 3 N–H and O–H groups in total. The van der Waals surface area contributed by atoms with Crippen molar-refractivity contribution >= 4 is 40.4 Å². The molecule has 0 radical (unpaired) electrons. The molecule has 0 saturated carbocycles. The maximum atomic E-state index is 13.0. The van der Waals surface area contributed by atoms with E-state index in [0.29, 0.717) is 27.8 Å². The van der Waals surface area contributed by atoms with E-state index in [1.807, 2.05) is 66.7 Å². The summed E-state index contributed by atoms with van der Waals surface area (Å²) in [5.74, 6) is 0.